The van der Waals surface area contributed by atoms with E-state index in [2.05, 4.69) is 30.5 Å². The maximum absolute atomic E-state index is 14.0. The van der Waals surface area contributed by atoms with E-state index >= 15 is 0 Å². The predicted octanol–water partition coefficient (Wildman–Crippen LogP) is 4.07. The summed E-state index contributed by atoms with van der Waals surface area (Å²) in [6, 6.07) is 5.01. The molecule has 1 aliphatic carbocycles. The van der Waals surface area contributed by atoms with Crippen LogP contribution in [-0.2, 0) is 19.4 Å². The fourth-order valence-electron chi connectivity index (χ4n) is 5.71. The first-order valence-corrected chi connectivity index (χ1v) is 12.9. The van der Waals surface area contributed by atoms with Crippen LogP contribution >= 0.6 is 0 Å². The molecule has 2 aliphatic heterocycles. The molecule has 0 saturated carbocycles. The molecule has 35 heavy (non-hydrogen) atoms. The van der Waals surface area contributed by atoms with Crippen molar-refractivity contribution in [3.8, 4) is 17.0 Å². The third kappa shape index (κ3) is 4.40. The van der Waals surface area contributed by atoms with E-state index in [9.17, 15) is 4.39 Å². The van der Waals surface area contributed by atoms with Crippen LogP contribution in [-0.4, -0.2) is 64.3 Å². The smallest absolute Gasteiger partial charge is 0.165 e. The molecule has 8 heteroatoms. The van der Waals surface area contributed by atoms with Crippen molar-refractivity contribution in [3.63, 3.8) is 0 Å². The number of anilines is 1. The highest BCUT2D eigenvalue weighted by molar-refractivity contribution is 5.61. The zero-order chi connectivity index (χ0) is 23.8. The third-order valence-corrected chi connectivity index (χ3v) is 7.87. The first kappa shape index (κ1) is 22.5. The second-order valence-electron chi connectivity index (χ2n) is 9.96. The van der Waals surface area contributed by atoms with Crippen molar-refractivity contribution in [2.24, 2.45) is 0 Å². The number of nitrogens with zero attached hydrogens (tertiary/aromatic N) is 6. The van der Waals surface area contributed by atoms with Crippen LogP contribution in [0.1, 0.15) is 48.7 Å². The molecule has 7 nitrogen and oxygen atoms in total. The number of imidazole rings is 1. The number of likely N-dealkylation sites (tertiary alicyclic amines) is 1. The highest BCUT2D eigenvalue weighted by Crippen LogP contribution is 2.35. The topological polar surface area (TPSA) is 59.3 Å². The average Bonchev–Trinajstić information content (AvgIpc) is 3.51. The molecule has 0 unspecified atom stereocenters. The Hall–Kier alpha value is -3.00. The van der Waals surface area contributed by atoms with Crippen LogP contribution < -0.4 is 9.64 Å². The van der Waals surface area contributed by atoms with E-state index in [1.165, 1.54) is 50.4 Å². The fourth-order valence-corrected chi connectivity index (χ4v) is 5.71. The number of hydrogen-bond donors (Lipinski definition) is 0. The van der Waals surface area contributed by atoms with Crippen molar-refractivity contribution < 1.29 is 9.13 Å². The predicted molar refractivity (Wildman–Crippen MR) is 133 cm³/mol. The van der Waals surface area contributed by atoms with Gasteiger partial charge in [0, 0.05) is 55.1 Å². The summed E-state index contributed by atoms with van der Waals surface area (Å²) < 4.78 is 21.6. The normalized spacial score (nSPS) is 18.5. The standard InChI is InChI=1S/C27H33FN6O/c1-35-25-16-20(6-7-22(25)28)24-17-34(15-14-32-10-3-11-32)26(31-24)19-8-12-33(13-9-19)27-21-4-2-5-23(21)29-18-30-27/h6-7,16-19H,2-5,8-15H2,1H3. The van der Waals surface area contributed by atoms with E-state index in [0.29, 0.717) is 5.92 Å². The molecule has 3 aromatic rings. The van der Waals surface area contributed by atoms with Crippen LogP contribution in [0.15, 0.2) is 30.7 Å². The van der Waals surface area contributed by atoms with Crippen molar-refractivity contribution in [1.29, 1.82) is 0 Å². The quantitative estimate of drug-likeness (QED) is 0.513. The Labute approximate surface area is 206 Å². The monoisotopic (exact) mass is 476 g/mol. The highest BCUT2D eigenvalue weighted by atomic mass is 19.1. The van der Waals surface area contributed by atoms with E-state index in [-0.39, 0.29) is 11.6 Å². The minimum Gasteiger partial charge on any atom is -0.494 e. The number of benzene rings is 1. The van der Waals surface area contributed by atoms with Gasteiger partial charge in [-0.1, -0.05) is 0 Å². The molecule has 2 saturated heterocycles. The number of methoxy groups -OCH3 is 1. The van der Waals surface area contributed by atoms with Gasteiger partial charge in [-0.2, -0.15) is 0 Å². The lowest BCUT2D eigenvalue weighted by atomic mass is 9.95. The molecule has 6 rings (SSSR count). The highest BCUT2D eigenvalue weighted by Gasteiger charge is 2.29. The zero-order valence-corrected chi connectivity index (χ0v) is 20.4. The lowest BCUT2D eigenvalue weighted by Gasteiger charge is -2.34. The number of piperidine rings is 1. The summed E-state index contributed by atoms with van der Waals surface area (Å²) in [6.07, 6.45) is 10.6. The third-order valence-electron chi connectivity index (χ3n) is 7.87. The van der Waals surface area contributed by atoms with E-state index in [1.54, 1.807) is 18.5 Å². The summed E-state index contributed by atoms with van der Waals surface area (Å²) >= 11 is 0. The van der Waals surface area contributed by atoms with Crippen LogP contribution in [0.5, 0.6) is 5.75 Å². The largest absolute Gasteiger partial charge is 0.494 e. The first-order valence-electron chi connectivity index (χ1n) is 12.9. The molecule has 184 valence electrons. The summed E-state index contributed by atoms with van der Waals surface area (Å²) in [5.74, 6) is 2.60. The average molecular weight is 477 g/mol. The van der Waals surface area contributed by atoms with Gasteiger partial charge in [0.15, 0.2) is 11.6 Å². The number of ether oxygens (including phenoxy) is 1. The van der Waals surface area contributed by atoms with Gasteiger partial charge in [0.25, 0.3) is 0 Å². The zero-order valence-electron chi connectivity index (χ0n) is 20.4. The van der Waals surface area contributed by atoms with Gasteiger partial charge in [-0.15, -0.1) is 0 Å². The molecule has 1 aromatic carbocycles. The Morgan fingerprint density at radius 1 is 1.03 bits per heavy atom. The number of halogens is 1. The molecular weight excluding hydrogens is 443 g/mol. The van der Waals surface area contributed by atoms with Crippen molar-refractivity contribution in [2.75, 3.05) is 44.7 Å². The Morgan fingerprint density at radius 2 is 1.89 bits per heavy atom. The maximum atomic E-state index is 14.0. The van der Waals surface area contributed by atoms with Gasteiger partial charge >= 0.3 is 0 Å². The van der Waals surface area contributed by atoms with Gasteiger partial charge in [0.1, 0.15) is 18.0 Å². The molecule has 2 fully saturated rings. The van der Waals surface area contributed by atoms with E-state index in [4.69, 9.17) is 9.72 Å². The summed E-state index contributed by atoms with van der Waals surface area (Å²) in [5, 5.41) is 0. The molecule has 0 radical (unpaired) electrons. The van der Waals surface area contributed by atoms with Crippen molar-refractivity contribution in [3.05, 3.63) is 53.6 Å². The lowest BCUT2D eigenvalue weighted by molar-refractivity contribution is 0.173. The van der Waals surface area contributed by atoms with Crippen LogP contribution in [0.2, 0.25) is 0 Å². The fraction of sp³-hybridized carbons (Fsp3) is 0.519. The Morgan fingerprint density at radius 3 is 2.66 bits per heavy atom. The number of hydrogen-bond acceptors (Lipinski definition) is 6. The molecule has 0 amide bonds. The van der Waals surface area contributed by atoms with Gasteiger partial charge in [-0.05, 0) is 69.8 Å². The van der Waals surface area contributed by atoms with E-state index in [0.717, 1.165) is 74.8 Å². The van der Waals surface area contributed by atoms with Crippen molar-refractivity contribution in [2.45, 2.75) is 51.0 Å². The molecule has 4 heterocycles. The van der Waals surface area contributed by atoms with Crippen LogP contribution in [0.4, 0.5) is 10.2 Å². The van der Waals surface area contributed by atoms with Crippen molar-refractivity contribution in [1.82, 2.24) is 24.4 Å². The molecule has 0 spiro atoms. The number of rotatable bonds is 7. The molecule has 0 bridgehead atoms. The van der Waals surface area contributed by atoms with Gasteiger partial charge in [-0.3, -0.25) is 0 Å². The summed E-state index contributed by atoms with van der Waals surface area (Å²) in [4.78, 5) is 19.2. The maximum Gasteiger partial charge on any atom is 0.165 e. The molecule has 0 N–H and O–H groups in total. The van der Waals surface area contributed by atoms with Gasteiger partial charge in [-0.25, -0.2) is 19.3 Å². The minimum atomic E-state index is -0.350. The summed E-state index contributed by atoms with van der Waals surface area (Å²) in [5.41, 5.74) is 4.37. The van der Waals surface area contributed by atoms with Gasteiger partial charge < -0.3 is 19.1 Å². The van der Waals surface area contributed by atoms with Crippen LogP contribution in [0.3, 0.4) is 0 Å². The number of aromatic nitrogens is 4. The molecule has 3 aliphatic rings. The van der Waals surface area contributed by atoms with Gasteiger partial charge in [0.2, 0.25) is 0 Å². The van der Waals surface area contributed by atoms with Crippen LogP contribution in [0.25, 0.3) is 11.3 Å². The van der Waals surface area contributed by atoms with E-state index in [1.807, 2.05) is 0 Å². The van der Waals surface area contributed by atoms with Crippen molar-refractivity contribution >= 4 is 5.82 Å². The number of aryl methyl sites for hydroxylation is 1. The second-order valence-corrected chi connectivity index (χ2v) is 9.96. The van der Waals surface area contributed by atoms with Crippen LogP contribution in [0, 0.1) is 5.82 Å². The Kier molecular flexibility index (Phi) is 6.14. The lowest BCUT2D eigenvalue weighted by Crippen LogP contribution is -2.39. The Balaban J connectivity index is 1.23. The SMILES string of the molecule is COc1cc(-c2cn(CCN3CCC3)c(C3CCN(c4ncnc5c4CCC5)CC3)n2)ccc1F. The number of fused-ring (bicyclic) bond motifs is 1. The minimum absolute atomic E-state index is 0.255. The summed E-state index contributed by atoms with van der Waals surface area (Å²) in [6.45, 7) is 6.31. The molecule has 2 aromatic heterocycles. The van der Waals surface area contributed by atoms with E-state index < -0.39 is 0 Å². The Bertz CT molecular complexity index is 1200. The molecule has 0 atom stereocenters. The van der Waals surface area contributed by atoms with Gasteiger partial charge in [0.05, 0.1) is 12.8 Å². The molecular formula is C27H33FN6O. The first-order chi connectivity index (χ1) is 17.2. The summed E-state index contributed by atoms with van der Waals surface area (Å²) in [7, 11) is 1.50. The second kappa shape index (κ2) is 9.57.